The first-order valence-electron chi connectivity index (χ1n) is 5.93. The molecule has 0 aliphatic heterocycles. The van der Waals surface area contributed by atoms with Gasteiger partial charge in [-0.3, -0.25) is 9.59 Å². The number of rotatable bonds is 6. The normalized spacial score (nSPS) is 25.7. The molecule has 1 rings (SSSR count). The van der Waals surface area contributed by atoms with Crippen molar-refractivity contribution in [3.63, 3.8) is 0 Å². The van der Waals surface area contributed by atoms with Gasteiger partial charge >= 0.3 is 5.97 Å². The molecule has 1 aliphatic rings. The molecule has 98 valence electrons. The van der Waals surface area contributed by atoms with E-state index in [0.29, 0.717) is 6.54 Å². The summed E-state index contributed by atoms with van der Waals surface area (Å²) in [5.41, 5.74) is -0.405. The van der Waals surface area contributed by atoms with Gasteiger partial charge in [0.2, 0.25) is 5.91 Å². The van der Waals surface area contributed by atoms with Gasteiger partial charge in [-0.2, -0.15) is 0 Å². The SMILES string of the molecule is CN(C)CCCNC(=O)[C@@H]1[C@@H](C(=O)O)C1(C)C. The van der Waals surface area contributed by atoms with E-state index in [9.17, 15) is 9.59 Å². The molecule has 1 fully saturated rings. The molecule has 1 aliphatic carbocycles. The highest BCUT2D eigenvalue weighted by Gasteiger charge is 2.65. The molecule has 2 N–H and O–H groups in total. The third-order valence-corrected chi connectivity index (χ3v) is 3.46. The predicted octanol–water partition coefficient (Wildman–Crippen LogP) is 0.411. The number of carbonyl (C=O) groups excluding carboxylic acids is 1. The Bertz CT molecular complexity index is 313. The summed E-state index contributed by atoms with van der Waals surface area (Å²) in [5, 5.41) is 11.8. The van der Waals surface area contributed by atoms with Gasteiger partial charge in [0.05, 0.1) is 11.8 Å². The van der Waals surface area contributed by atoms with Crippen molar-refractivity contribution >= 4 is 11.9 Å². The second-order valence-electron chi connectivity index (χ2n) is 5.56. The molecule has 0 aromatic rings. The number of hydrogen-bond donors (Lipinski definition) is 2. The summed E-state index contributed by atoms with van der Waals surface area (Å²) in [5.74, 6) is -1.90. The fraction of sp³-hybridized carbons (Fsp3) is 0.833. The van der Waals surface area contributed by atoms with Crippen LogP contribution in [0.2, 0.25) is 0 Å². The first kappa shape index (κ1) is 14.0. The van der Waals surface area contributed by atoms with Crippen molar-refractivity contribution in [3.05, 3.63) is 0 Å². The van der Waals surface area contributed by atoms with Gasteiger partial charge in [-0.1, -0.05) is 13.8 Å². The summed E-state index contributed by atoms with van der Waals surface area (Å²) in [4.78, 5) is 24.8. The van der Waals surface area contributed by atoms with Crippen LogP contribution in [0.5, 0.6) is 0 Å². The Hall–Kier alpha value is -1.10. The molecule has 17 heavy (non-hydrogen) atoms. The number of carboxylic acids is 1. The van der Waals surface area contributed by atoms with Gasteiger partial charge in [0.25, 0.3) is 0 Å². The average molecular weight is 242 g/mol. The molecule has 0 saturated heterocycles. The number of nitrogens with zero attached hydrogens (tertiary/aromatic N) is 1. The first-order chi connectivity index (χ1) is 7.78. The van der Waals surface area contributed by atoms with Crippen molar-refractivity contribution in [2.45, 2.75) is 20.3 Å². The third kappa shape index (κ3) is 3.19. The lowest BCUT2D eigenvalue weighted by atomic mass is 10.1. The van der Waals surface area contributed by atoms with Crippen molar-refractivity contribution in [2.75, 3.05) is 27.2 Å². The van der Waals surface area contributed by atoms with Crippen LogP contribution in [0.15, 0.2) is 0 Å². The number of nitrogens with one attached hydrogen (secondary N) is 1. The van der Waals surface area contributed by atoms with Crippen LogP contribution in [0.25, 0.3) is 0 Å². The number of hydrogen-bond acceptors (Lipinski definition) is 3. The highest BCUT2D eigenvalue weighted by atomic mass is 16.4. The zero-order valence-electron chi connectivity index (χ0n) is 11.0. The van der Waals surface area contributed by atoms with E-state index in [4.69, 9.17) is 5.11 Å². The Labute approximate surface area is 102 Å². The second kappa shape index (κ2) is 5.04. The van der Waals surface area contributed by atoms with E-state index in [1.165, 1.54) is 0 Å². The summed E-state index contributed by atoms with van der Waals surface area (Å²) in [6.07, 6.45) is 0.879. The largest absolute Gasteiger partial charge is 0.481 e. The molecule has 1 amide bonds. The zero-order chi connectivity index (χ0) is 13.2. The van der Waals surface area contributed by atoms with Crippen molar-refractivity contribution in [1.82, 2.24) is 10.2 Å². The molecule has 0 aromatic heterocycles. The van der Waals surface area contributed by atoms with E-state index in [0.717, 1.165) is 13.0 Å². The van der Waals surface area contributed by atoms with E-state index < -0.39 is 17.3 Å². The highest BCUT2D eigenvalue weighted by Crippen LogP contribution is 2.58. The standard InChI is InChI=1S/C12H22N2O3/c1-12(2)8(9(12)11(16)17)10(15)13-6-5-7-14(3)4/h8-9H,5-7H2,1-4H3,(H,13,15)(H,16,17)/t8-,9-/m0/s1. The summed E-state index contributed by atoms with van der Waals surface area (Å²) >= 11 is 0. The Morgan fingerprint density at radius 3 is 2.29 bits per heavy atom. The van der Waals surface area contributed by atoms with Crippen LogP contribution in [0.1, 0.15) is 20.3 Å². The molecule has 0 spiro atoms. The molecule has 0 aromatic carbocycles. The lowest BCUT2D eigenvalue weighted by Gasteiger charge is -2.10. The number of aliphatic carboxylic acids is 1. The Balaban J connectivity index is 2.33. The maximum absolute atomic E-state index is 11.8. The lowest BCUT2D eigenvalue weighted by molar-refractivity contribution is -0.140. The molecule has 0 radical (unpaired) electrons. The lowest BCUT2D eigenvalue weighted by Crippen LogP contribution is -2.30. The molecule has 0 unspecified atom stereocenters. The van der Waals surface area contributed by atoms with Crippen LogP contribution in [0.4, 0.5) is 0 Å². The van der Waals surface area contributed by atoms with Gasteiger partial charge in [-0.15, -0.1) is 0 Å². The Morgan fingerprint density at radius 2 is 1.88 bits per heavy atom. The Kier molecular flexibility index (Phi) is 4.14. The van der Waals surface area contributed by atoms with Gasteiger partial charge in [0, 0.05) is 6.54 Å². The zero-order valence-corrected chi connectivity index (χ0v) is 11.0. The predicted molar refractivity (Wildman–Crippen MR) is 64.6 cm³/mol. The van der Waals surface area contributed by atoms with Crippen LogP contribution < -0.4 is 5.32 Å². The molecule has 5 heteroatoms. The average Bonchev–Trinajstić information content (AvgIpc) is 2.76. The van der Waals surface area contributed by atoms with Gasteiger partial charge in [-0.05, 0) is 32.5 Å². The number of carbonyl (C=O) groups is 2. The molecule has 1 saturated carbocycles. The molecular weight excluding hydrogens is 220 g/mol. The third-order valence-electron chi connectivity index (χ3n) is 3.46. The molecule has 2 atom stereocenters. The second-order valence-corrected chi connectivity index (χ2v) is 5.56. The maximum atomic E-state index is 11.8. The van der Waals surface area contributed by atoms with Crippen LogP contribution in [0.3, 0.4) is 0 Å². The Morgan fingerprint density at radius 1 is 1.29 bits per heavy atom. The fourth-order valence-electron chi connectivity index (χ4n) is 2.30. The minimum absolute atomic E-state index is 0.124. The van der Waals surface area contributed by atoms with Crippen LogP contribution >= 0.6 is 0 Å². The highest BCUT2D eigenvalue weighted by molar-refractivity contribution is 5.91. The van der Waals surface area contributed by atoms with Gasteiger partial charge in [0.15, 0.2) is 0 Å². The van der Waals surface area contributed by atoms with E-state index in [1.807, 2.05) is 32.8 Å². The van der Waals surface area contributed by atoms with Crippen molar-refractivity contribution in [3.8, 4) is 0 Å². The van der Waals surface area contributed by atoms with Crippen LogP contribution in [0, 0.1) is 17.3 Å². The molecular formula is C12H22N2O3. The van der Waals surface area contributed by atoms with Crippen molar-refractivity contribution < 1.29 is 14.7 Å². The van der Waals surface area contributed by atoms with Crippen LogP contribution in [-0.4, -0.2) is 49.1 Å². The van der Waals surface area contributed by atoms with E-state index in [-0.39, 0.29) is 11.8 Å². The molecule has 0 heterocycles. The van der Waals surface area contributed by atoms with Crippen LogP contribution in [-0.2, 0) is 9.59 Å². The maximum Gasteiger partial charge on any atom is 0.307 e. The smallest absolute Gasteiger partial charge is 0.307 e. The first-order valence-corrected chi connectivity index (χ1v) is 5.93. The van der Waals surface area contributed by atoms with Gasteiger partial charge in [0.1, 0.15) is 0 Å². The minimum atomic E-state index is -0.872. The number of carboxylic acid groups (broad SMARTS) is 1. The number of amides is 1. The fourth-order valence-corrected chi connectivity index (χ4v) is 2.30. The van der Waals surface area contributed by atoms with Gasteiger partial charge in [-0.25, -0.2) is 0 Å². The van der Waals surface area contributed by atoms with E-state index in [1.54, 1.807) is 0 Å². The summed E-state index contributed by atoms with van der Waals surface area (Å²) < 4.78 is 0. The van der Waals surface area contributed by atoms with Crippen molar-refractivity contribution in [2.24, 2.45) is 17.3 Å². The quantitative estimate of drug-likeness (QED) is 0.662. The summed E-state index contributed by atoms with van der Waals surface area (Å²) in [6, 6.07) is 0. The monoisotopic (exact) mass is 242 g/mol. The van der Waals surface area contributed by atoms with Gasteiger partial charge < -0.3 is 15.3 Å². The van der Waals surface area contributed by atoms with E-state index >= 15 is 0 Å². The van der Waals surface area contributed by atoms with E-state index in [2.05, 4.69) is 5.32 Å². The summed E-state index contributed by atoms with van der Waals surface area (Å²) in [6.45, 7) is 5.18. The summed E-state index contributed by atoms with van der Waals surface area (Å²) in [7, 11) is 3.96. The minimum Gasteiger partial charge on any atom is -0.481 e. The van der Waals surface area contributed by atoms with Crippen molar-refractivity contribution in [1.29, 1.82) is 0 Å². The topological polar surface area (TPSA) is 69.6 Å². The molecule has 0 bridgehead atoms. The molecule has 5 nitrogen and oxygen atoms in total.